The molecular weight excluding hydrogens is 172 g/mol. The van der Waals surface area contributed by atoms with Crippen LogP contribution in [0.25, 0.3) is 0 Å². The van der Waals surface area contributed by atoms with E-state index in [4.69, 9.17) is 11.5 Å². The highest BCUT2D eigenvalue weighted by Gasteiger charge is 2.10. The lowest BCUT2D eigenvalue weighted by Gasteiger charge is -2.18. The molecule has 0 heterocycles. The normalized spacial score (nSPS) is 11.7. The Bertz CT molecular complexity index is 269. The van der Waals surface area contributed by atoms with Gasteiger partial charge in [-0.3, -0.25) is 0 Å². The summed E-state index contributed by atoms with van der Waals surface area (Å²) in [5, 5.41) is 0. The first-order valence-corrected chi connectivity index (χ1v) is 5.08. The molecular formula is C12H20N2. The summed E-state index contributed by atoms with van der Waals surface area (Å²) < 4.78 is 0. The molecule has 0 saturated carbocycles. The Morgan fingerprint density at radius 1 is 1.07 bits per heavy atom. The van der Waals surface area contributed by atoms with Crippen LogP contribution in [0.1, 0.15) is 25.0 Å². The highest BCUT2D eigenvalue weighted by atomic mass is 14.7. The van der Waals surface area contributed by atoms with E-state index in [0.29, 0.717) is 6.54 Å². The van der Waals surface area contributed by atoms with Gasteiger partial charge in [0.1, 0.15) is 0 Å². The highest BCUT2D eigenvalue weighted by molar-refractivity contribution is 5.24. The van der Waals surface area contributed by atoms with Crippen molar-refractivity contribution in [1.82, 2.24) is 0 Å². The Balaban J connectivity index is 2.64. The van der Waals surface area contributed by atoms with Crippen molar-refractivity contribution in [3.8, 4) is 0 Å². The van der Waals surface area contributed by atoms with E-state index in [1.807, 2.05) is 13.8 Å². The number of rotatable bonds is 4. The van der Waals surface area contributed by atoms with Gasteiger partial charge in [-0.1, -0.05) is 24.3 Å². The summed E-state index contributed by atoms with van der Waals surface area (Å²) in [5.41, 5.74) is 13.9. The van der Waals surface area contributed by atoms with Gasteiger partial charge >= 0.3 is 0 Å². The molecule has 0 aliphatic carbocycles. The van der Waals surface area contributed by atoms with Crippen molar-refractivity contribution in [2.24, 2.45) is 11.5 Å². The largest absolute Gasteiger partial charge is 0.330 e. The fraction of sp³-hybridized carbons (Fsp3) is 0.500. The smallest absolute Gasteiger partial charge is 0.0138 e. The number of benzene rings is 1. The van der Waals surface area contributed by atoms with Crippen molar-refractivity contribution in [2.45, 2.75) is 32.2 Å². The van der Waals surface area contributed by atoms with Crippen LogP contribution >= 0.6 is 0 Å². The molecule has 78 valence electrons. The zero-order valence-electron chi connectivity index (χ0n) is 9.09. The van der Waals surface area contributed by atoms with Gasteiger partial charge in [0.05, 0.1) is 0 Å². The molecule has 14 heavy (non-hydrogen) atoms. The third kappa shape index (κ3) is 3.90. The highest BCUT2D eigenvalue weighted by Crippen LogP contribution is 2.11. The van der Waals surface area contributed by atoms with Gasteiger partial charge in [0, 0.05) is 5.54 Å². The van der Waals surface area contributed by atoms with Gasteiger partial charge < -0.3 is 11.5 Å². The summed E-state index contributed by atoms with van der Waals surface area (Å²) in [4.78, 5) is 0. The van der Waals surface area contributed by atoms with Crippen LogP contribution in [0.15, 0.2) is 24.3 Å². The molecule has 2 heteroatoms. The molecule has 1 aromatic carbocycles. The lowest BCUT2D eigenvalue weighted by atomic mass is 9.95. The Morgan fingerprint density at radius 2 is 1.57 bits per heavy atom. The maximum absolute atomic E-state index is 5.94. The molecule has 2 nitrogen and oxygen atoms in total. The molecule has 0 bridgehead atoms. The lowest BCUT2D eigenvalue weighted by Crippen LogP contribution is -2.34. The number of hydrogen-bond acceptors (Lipinski definition) is 2. The van der Waals surface area contributed by atoms with E-state index < -0.39 is 0 Å². The van der Waals surface area contributed by atoms with Crippen LogP contribution in [0.4, 0.5) is 0 Å². The average molecular weight is 192 g/mol. The second kappa shape index (κ2) is 4.58. The minimum atomic E-state index is -0.130. The molecule has 0 fully saturated rings. The van der Waals surface area contributed by atoms with E-state index in [0.717, 1.165) is 12.8 Å². The van der Waals surface area contributed by atoms with Crippen LogP contribution in [0.5, 0.6) is 0 Å². The topological polar surface area (TPSA) is 52.0 Å². The van der Waals surface area contributed by atoms with Crippen molar-refractivity contribution in [3.63, 3.8) is 0 Å². The van der Waals surface area contributed by atoms with E-state index in [-0.39, 0.29) is 5.54 Å². The zero-order chi connectivity index (χ0) is 10.6. The van der Waals surface area contributed by atoms with Crippen LogP contribution in [-0.2, 0) is 12.8 Å². The first kappa shape index (κ1) is 11.2. The van der Waals surface area contributed by atoms with Gasteiger partial charge in [0.15, 0.2) is 0 Å². The third-order valence-corrected chi connectivity index (χ3v) is 2.12. The van der Waals surface area contributed by atoms with Crippen molar-refractivity contribution in [3.05, 3.63) is 35.4 Å². The molecule has 0 radical (unpaired) electrons. The maximum atomic E-state index is 5.94. The monoisotopic (exact) mass is 192 g/mol. The molecule has 1 rings (SSSR count). The average Bonchev–Trinajstić information content (AvgIpc) is 2.06. The molecule has 0 aliphatic heterocycles. The SMILES string of the molecule is CC(C)(N)Cc1ccc(CCN)cc1. The van der Waals surface area contributed by atoms with Crippen LogP contribution in [0.3, 0.4) is 0 Å². The van der Waals surface area contributed by atoms with Crippen molar-refractivity contribution in [1.29, 1.82) is 0 Å². The summed E-state index contributed by atoms with van der Waals surface area (Å²) in [6, 6.07) is 8.54. The van der Waals surface area contributed by atoms with E-state index in [1.54, 1.807) is 0 Å². The predicted octanol–water partition coefficient (Wildman–Crippen LogP) is 1.47. The molecule has 0 aliphatic rings. The quantitative estimate of drug-likeness (QED) is 0.759. The summed E-state index contributed by atoms with van der Waals surface area (Å²) in [6.45, 7) is 4.79. The molecule has 0 aromatic heterocycles. The van der Waals surface area contributed by atoms with Gasteiger partial charge in [-0.25, -0.2) is 0 Å². The van der Waals surface area contributed by atoms with Gasteiger partial charge in [0.25, 0.3) is 0 Å². The standard InChI is InChI=1S/C12H20N2/c1-12(2,14)9-11-5-3-10(4-6-11)7-8-13/h3-6H,7-9,13-14H2,1-2H3. The van der Waals surface area contributed by atoms with Crippen LogP contribution in [-0.4, -0.2) is 12.1 Å². The molecule has 0 spiro atoms. The maximum Gasteiger partial charge on any atom is 0.0138 e. The molecule has 0 atom stereocenters. The van der Waals surface area contributed by atoms with Gasteiger partial charge in [-0.15, -0.1) is 0 Å². The summed E-state index contributed by atoms with van der Waals surface area (Å²) in [7, 11) is 0. The van der Waals surface area contributed by atoms with E-state index in [9.17, 15) is 0 Å². The first-order valence-electron chi connectivity index (χ1n) is 5.08. The van der Waals surface area contributed by atoms with Crippen molar-refractivity contribution < 1.29 is 0 Å². The zero-order valence-corrected chi connectivity index (χ0v) is 9.09. The van der Waals surface area contributed by atoms with E-state index in [1.165, 1.54) is 11.1 Å². The summed E-state index contributed by atoms with van der Waals surface area (Å²) in [5.74, 6) is 0. The fourth-order valence-electron chi connectivity index (χ4n) is 1.52. The fourth-order valence-corrected chi connectivity index (χ4v) is 1.52. The molecule has 0 amide bonds. The van der Waals surface area contributed by atoms with Crippen LogP contribution < -0.4 is 11.5 Å². The Labute approximate surface area is 86.3 Å². The molecule has 0 unspecified atom stereocenters. The lowest BCUT2D eigenvalue weighted by molar-refractivity contribution is 0.516. The Hall–Kier alpha value is -0.860. The van der Waals surface area contributed by atoms with Gasteiger partial charge in [0.2, 0.25) is 0 Å². The van der Waals surface area contributed by atoms with Crippen molar-refractivity contribution in [2.75, 3.05) is 6.54 Å². The van der Waals surface area contributed by atoms with Gasteiger partial charge in [-0.05, 0) is 44.4 Å². The van der Waals surface area contributed by atoms with Gasteiger partial charge in [-0.2, -0.15) is 0 Å². The molecule has 1 aromatic rings. The Kier molecular flexibility index (Phi) is 3.67. The number of nitrogens with two attached hydrogens (primary N) is 2. The van der Waals surface area contributed by atoms with Crippen molar-refractivity contribution >= 4 is 0 Å². The van der Waals surface area contributed by atoms with Crippen LogP contribution in [0, 0.1) is 0 Å². The summed E-state index contributed by atoms with van der Waals surface area (Å²) in [6.07, 6.45) is 1.86. The third-order valence-electron chi connectivity index (χ3n) is 2.12. The minimum absolute atomic E-state index is 0.130. The number of hydrogen-bond donors (Lipinski definition) is 2. The minimum Gasteiger partial charge on any atom is -0.330 e. The second-order valence-electron chi connectivity index (χ2n) is 4.52. The predicted molar refractivity (Wildman–Crippen MR) is 61.2 cm³/mol. The molecule has 0 saturated heterocycles. The van der Waals surface area contributed by atoms with Crippen LogP contribution in [0.2, 0.25) is 0 Å². The Morgan fingerprint density at radius 3 is 2.00 bits per heavy atom. The van der Waals surface area contributed by atoms with E-state index in [2.05, 4.69) is 24.3 Å². The summed E-state index contributed by atoms with van der Waals surface area (Å²) >= 11 is 0. The first-order chi connectivity index (χ1) is 6.51. The molecule has 4 N–H and O–H groups in total. The second-order valence-corrected chi connectivity index (χ2v) is 4.52. The van der Waals surface area contributed by atoms with E-state index >= 15 is 0 Å².